The standard InChI is InChI=1S/C12H24N2O2.ClH/c1-9(2)8-16-11-4-6-14(7-5-11)12(15)10(3)13;/h9-11H,4-8,13H2,1-3H3;1H/t10-;/m0./s1. The first-order valence-corrected chi connectivity index (χ1v) is 6.16. The molecule has 17 heavy (non-hydrogen) atoms. The van der Waals surface area contributed by atoms with Gasteiger partial charge < -0.3 is 15.4 Å². The molecule has 0 aromatic rings. The van der Waals surface area contributed by atoms with Crippen LogP contribution in [0.1, 0.15) is 33.6 Å². The minimum Gasteiger partial charge on any atom is -0.378 e. The Balaban J connectivity index is 0.00000256. The minimum atomic E-state index is -0.381. The van der Waals surface area contributed by atoms with Crippen LogP contribution in [0.2, 0.25) is 0 Å². The van der Waals surface area contributed by atoms with E-state index < -0.39 is 0 Å². The van der Waals surface area contributed by atoms with E-state index in [0.29, 0.717) is 12.0 Å². The van der Waals surface area contributed by atoms with E-state index in [1.165, 1.54) is 0 Å². The number of halogens is 1. The molecule has 1 amide bonds. The van der Waals surface area contributed by atoms with Crippen molar-refractivity contribution in [1.82, 2.24) is 4.90 Å². The number of nitrogens with zero attached hydrogens (tertiary/aromatic N) is 1. The van der Waals surface area contributed by atoms with E-state index in [2.05, 4.69) is 13.8 Å². The SMILES string of the molecule is CC(C)COC1CCN(C(=O)[C@H](C)N)CC1.Cl. The summed E-state index contributed by atoms with van der Waals surface area (Å²) in [7, 11) is 0. The Morgan fingerprint density at radius 1 is 1.35 bits per heavy atom. The van der Waals surface area contributed by atoms with Gasteiger partial charge in [0.1, 0.15) is 0 Å². The maximum atomic E-state index is 11.6. The van der Waals surface area contributed by atoms with Crippen LogP contribution in [-0.4, -0.2) is 42.6 Å². The molecule has 0 aromatic heterocycles. The smallest absolute Gasteiger partial charge is 0.239 e. The van der Waals surface area contributed by atoms with Gasteiger partial charge in [-0.25, -0.2) is 0 Å². The first-order chi connectivity index (χ1) is 7.50. The van der Waals surface area contributed by atoms with Gasteiger partial charge in [0.15, 0.2) is 0 Å². The molecule has 2 N–H and O–H groups in total. The zero-order chi connectivity index (χ0) is 12.1. The fourth-order valence-corrected chi connectivity index (χ4v) is 1.86. The summed E-state index contributed by atoms with van der Waals surface area (Å²) in [4.78, 5) is 13.5. The third kappa shape index (κ3) is 5.70. The zero-order valence-corrected chi connectivity index (χ0v) is 11.8. The number of carbonyl (C=O) groups is 1. The van der Waals surface area contributed by atoms with Gasteiger partial charge in [-0.1, -0.05) is 13.8 Å². The molecule has 1 aliphatic rings. The van der Waals surface area contributed by atoms with Crippen molar-refractivity contribution < 1.29 is 9.53 Å². The van der Waals surface area contributed by atoms with Gasteiger partial charge in [0.25, 0.3) is 0 Å². The molecule has 1 saturated heterocycles. The highest BCUT2D eigenvalue weighted by Gasteiger charge is 2.24. The predicted octanol–water partition coefficient (Wildman–Crippen LogP) is 1.42. The molecule has 0 aliphatic carbocycles. The van der Waals surface area contributed by atoms with Crippen LogP contribution in [0.4, 0.5) is 0 Å². The Morgan fingerprint density at radius 2 is 1.88 bits per heavy atom. The van der Waals surface area contributed by atoms with E-state index >= 15 is 0 Å². The van der Waals surface area contributed by atoms with Gasteiger partial charge in [0.05, 0.1) is 12.1 Å². The number of nitrogens with two attached hydrogens (primary N) is 1. The zero-order valence-electron chi connectivity index (χ0n) is 11.0. The summed E-state index contributed by atoms with van der Waals surface area (Å²) in [6.07, 6.45) is 2.19. The van der Waals surface area contributed by atoms with Crippen molar-refractivity contribution >= 4 is 18.3 Å². The maximum Gasteiger partial charge on any atom is 0.239 e. The molecular weight excluding hydrogens is 240 g/mol. The highest BCUT2D eigenvalue weighted by molar-refractivity contribution is 5.85. The fourth-order valence-electron chi connectivity index (χ4n) is 1.86. The van der Waals surface area contributed by atoms with E-state index in [-0.39, 0.29) is 24.4 Å². The number of carbonyl (C=O) groups excluding carboxylic acids is 1. The van der Waals surface area contributed by atoms with Gasteiger partial charge in [-0.05, 0) is 25.7 Å². The molecule has 1 fully saturated rings. The molecule has 0 spiro atoms. The summed E-state index contributed by atoms with van der Waals surface area (Å²) in [5, 5.41) is 0. The number of likely N-dealkylation sites (tertiary alicyclic amines) is 1. The number of amides is 1. The lowest BCUT2D eigenvalue weighted by molar-refractivity contribution is -0.135. The van der Waals surface area contributed by atoms with Crippen LogP contribution in [0.3, 0.4) is 0 Å². The molecule has 0 saturated carbocycles. The Labute approximate surface area is 110 Å². The largest absolute Gasteiger partial charge is 0.378 e. The summed E-state index contributed by atoms with van der Waals surface area (Å²) >= 11 is 0. The monoisotopic (exact) mass is 264 g/mol. The highest BCUT2D eigenvalue weighted by atomic mass is 35.5. The van der Waals surface area contributed by atoms with E-state index in [0.717, 1.165) is 32.5 Å². The minimum absolute atomic E-state index is 0. The molecule has 102 valence electrons. The first kappa shape index (κ1) is 16.7. The third-order valence-electron chi connectivity index (χ3n) is 2.81. The van der Waals surface area contributed by atoms with E-state index in [9.17, 15) is 4.79 Å². The summed E-state index contributed by atoms with van der Waals surface area (Å²) in [5.74, 6) is 0.631. The van der Waals surface area contributed by atoms with E-state index in [1.807, 2.05) is 4.90 Å². The van der Waals surface area contributed by atoms with Gasteiger partial charge in [-0.2, -0.15) is 0 Å². The van der Waals surface area contributed by atoms with Gasteiger partial charge >= 0.3 is 0 Å². The second-order valence-corrected chi connectivity index (χ2v) is 5.04. The Kier molecular flexibility index (Phi) is 7.75. The number of rotatable bonds is 4. The Morgan fingerprint density at radius 3 is 2.29 bits per heavy atom. The molecule has 0 unspecified atom stereocenters. The second-order valence-electron chi connectivity index (χ2n) is 5.04. The molecule has 1 atom stereocenters. The molecule has 0 aromatic carbocycles. The van der Waals surface area contributed by atoms with Crippen molar-refractivity contribution in [2.45, 2.75) is 45.8 Å². The van der Waals surface area contributed by atoms with Crippen LogP contribution >= 0.6 is 12.4 Å². The van der Waals surface area contributed by atoms with Crippen molar-refractivity contribution in [2.75, 3.05) is 19.7 Å². The predicted molar refractivity (Wildman–Crippen MR) is 71.3 cm³/mol. The van der Waals surface area contributed by atoms with Crippen molar-refractivity contribution in [1.29, 1.82) is 0 Å². The Hall–Kier alpha value is -0.320. The van der Waals surface area contributed by atoms with E-state index in [1.54, 1.807) is 6.92 Å². The topological polar surface area (TPSA) is 55.6 Å². The van der Waals surface area contributed by atoms with Crippen molar-refractivity contribution in [3.63, 3.8) is 0 Å². The van der Waals surface area contributed by atoms with Gasteiger partial charge in [-0.3, -0.25) is 4.79 Å². The third-order valence-corrected chi connectivity index (χ3v) is 2.81. The lowest BCUT2D eigenvalue weighted by Crippen LogP contribution is -2.47. The molecule has 1 aliphatic heterocycles. The normalized spacial score (nSPS) is 19.0. The average molecular weight is 265 g/mol. The molecule has 0 radical (unpaired) electrons. The van der Waals surface area contributed by atoms with Crippen LogP contribution in [0.25, 0.3) is 0 Å². The average Bonchev–Trinajstić information content (AvgIpc) is 2.26. The molecule has 4 nitrogen and oxygen atoms in total. The van der Waals surface area contributed by atoms with Crippen molar-refractivity contribution in [3.05, 3.63) is 0 Å². The molecule has 1 heterocycles. The van der Waals surface area contributed by atoms with Crippen LogP contribution in [-0.2, 0) is 9.53 Å². The van der Waals surface area contributed by atoms with Crippen LogP contribution in [0.15, 0.2) is 0 Å². The lowest BCUT2D eigenvalue weighted by atomic mass is 10.1. The lowest BCUT2D eigenvalue weighted by Gasteiger charge is -2.33. The molecular formula is C12H25ClN2O2. The molecule has 1 rings (SSSR count). The Bertz CT molecular complexity index is 227. The summed E-state index contributed by atoms with van der Waals surface area (Å²) in [5.41, 5.74) is 5.58. The fraction of sp³-hybridized carbons (Fsp3) is 0.917. The van der Waals surface area contributed by atoms with Crippen LogP contribution in [0, 0.1) is 5.92 Å². The van der Waals surface area contributed by atoms with Gasteiger partial charge in [0.2, 0.25) is 5.91 Å². The van der Waals surface area contributed by atoms with Crippen molar-refractivity contribution in [3.8, 4) is 0 Å². The summed E-state index contributed by atoms with van der Waals surface area (Å²) in [6, 6.07) is -0.381. The summed E-state index contributed by atoms with van der Waals surface area (Å²) < 4.78 is 5.76. The number of ether oxygens (including phenoxy) is 1. The maximum absolute atomic E-state index is 11.6. The van der Waals surface area contributed by atoms with E-state index in [4.69, 9.17) is 10.5 Å². The number of hydrogen-bond donors (Lipinski definition) is 1. The number of piperidine rings is 1. The van der Waals surface area contributed by atoms with Crippen LogP contribution < -0.4 is 5.73 Å². The number of hydrogen-bond acceptors (Lipinski definition) is 3. The molecule has 5 heteroatoms. The summed E-state index contributed by atoms with van der Waals surface area (Å²) in [6.45, 7) is 8.41. The van der Waals surface area contributed by atoms with Gasteiger partial charge in [0, 0.05) is 19.7 Å². The van der Waals surface area contributed by atoms with Crippen molar-refractivity contribution in [2.24, 2.45) is 11.7 Å². The molecule has 0 bridgehead atoms. The highest BCUT2D eigenvalue weighted by Crippen LogP contribution is 2.15. The first-order valence-electron chi connectivity index (χ1n) is 6.16. The second kappa shape index (κ2) is 7.90. The quantitative estimate of drug-likeness (QED) is 0.836. The van der Waals surface area contributed by atoms with Crippen LogP contribution in [0.5, 0.6) is 0 Å². The van der Waals surface area contributed by atoms with Gasteiger partial charge in [-0.15, -0.1) is 12.4 Å².